The lowest BCUT2D eigenvalue weighted by atomic mass is 9.92. The van der Waals surface area contributed by atoms with Gasteiger partial charge in [-0.15, -0.1) is 0 Å². The van der Waals surface area contributed by atoms with Crippen LogP contribution in [0.25, 0.3) is 16.8 Å². The average Bonchev–Trinajstić information content (AvgIpc) is 2.51. The molecule has 0 saturated heterocycles. The number of rotatable bonds is 4. The first kappa shape index (κ1) is 16.2. The number of carbonyl (C=O) groups is 1. The van der Waals surface area contributed by atoms with E-state index in [0.717, 1.165) is 16.3 Å². The molecule has 0 aliphatic carbocycles. The molecule has 0 radical (unpaired) electrons. The molecule has 22 heavy (non-hydrogen) atoms. The number of hydrogen-bond acceptors (Lipinski definition) is 4. The third-order valence-electron chi connectivity index (χ3n) is 3.60. The molecule has 1 atom stereocenters. The van der Waals surface area contributed by atoms with Gasteiger partial charge in [0, 0.05) is 11.6 Å². The second-order valence-corrected chi connectivity index (χ2v) is 5.94. The third kappa shape index (κ3) is 3.52. The van der Waals surface area contributed by atoms with E-state index in [4.69, 9.17) is 4.74 Å². The van der Waals surface area contributed by atoms with E-state index < -0.39 is 11.5 Å². The minimum absolute atomic E-state index is 0.273. The van der Waals surface area contributed by atoms with Gasteiger partial charge in [0.2, 0.25) is 0 Å². The topological polar surface area (TPSA) is 59.4 Å². The van der Waals surface area contributed by atoms with Crippen LogP contribution in [0.2, 0.25) is 0 Å². The third-order valence-corrected chi connectivity index (χ3v) is 3.60. The number of esters is 1. The summed E-state index contributed by atoms with van der Waals surface area (Å²) in [6, 6.07) is 7.82. The van der Waals surface area contributed by atoms with E-state index >= 15 is 0 Å². The van der Waals surface area contributed by atoms with Gasteiger partial charge in [0.15, 0.2) is 0 Å². The van der Waals surface area contributed by atoms with Crippen molar-refractivity contribution in [3.8, 4) is 0 Å². The molecule has 2 aromatic rings. The summed E-state index contributed by atoms with van der Waals surface area (Å²) < 4.78 is 4.79. The minimum Gasteiger partial charge on any atom is -0.468 e. The standard InChI is InChI=1S/C18H21NO3/c1-12(20)16-10-15-9-13(5-6-14(15)11-19-16)7-8-18(2,3)17(21)22-4/h5-12,20H,1-4H3/b8-7+/t12-/m1/s1. The number of nitrogens with zero attached hydrogens (tertiary/aromatic N) is 1. The Morgan fingerprint density at radius 1 is 1.32 bits per heavy atom. The van der Waals surface area contributed by atoms with Gasteiger partial charge in [-0.05, 0) is 43.9 Å². The van der Waals surface area contributed by atoms with Crippen molar-refractivity contribution in [2.24, 2.45) is 5.41 Å². The van der Waals surface area contributed by atoms with Crippen molar-refractivity contribution in [3.63, 3.8) is 0 Å². The zero-order valence-corrected chi connectivity index (χ0v) is 13.3. The Morgan fingerprint density at radius 2 is 2.05 bits per heavy atom. The highest BCUT2D eigenvalue weighted by molar-refractivity contribution is 5.85. The first-order chi connectivity index (χ1) is 10.3. The van der Waals surface area contributed by atoms with E-state index in [9.17, 15) is 9.90 Å². The summed E-state index contributed by atoms with van der Waals surface area (Å²) in [5, 5.41) is 11.6. The highest BCUT2D eigenvalue weighted by Crippen LogP contribution is 2.23. The molecule has 2 rings (SSSR count). The number of methoxy groups -OCH3 is 1. The lowest BCUT2D eigenvalue weighted by Gasteiger charge is -2.16. The predicted octanol–water partition coefficient (Wildman–Crippen LogP) is 3.50. The van der Waals surface area contributed by atoms with Crippen molar-refractivity contribution in [1.29, 1.82) is 0 Å². The monoisotopic (exact) mass is 299 g/mol. The number of fused-ring (bicyclic) bond motifs is 1. The summed E-state index contributed by atoms with van der Waals surface area (Å²) in [6.45, 7) is 5.31. The zero-order chi connectivity index (χ0) is 16.3. The van der Waals surface area contributed by atoms with Crippen LogP contribution in [0.5, 0.6) is 0 Å². The maximum atomic E-state index is 11.7. The fourth-order valence-corrected chi connectivity index (χ4v) is 2.14. The lowest BCUT2D eigenvalue weighted by molar-refractivity contribution is -0.148. The van der Waals surface area contributed by atoms with Crippen molar-refractivity contribution in [2.75, 3.05) is 7.11 Å². The van der Waals surface area contributed by atoms with Crippen LogP contribution >= 0.6 is 0 Å². The van der Waals surface area contributed by atoms with Gasteiger partial charge >= 0.3 is 5.97 Å². The Labute approximate surface area is 130 Å². The molecule has 0 aliphatic rings. The Morgan fingerprint density at radius 3 is 2.68 bits per heavy atom. The number of ether oxygens (including phenoxy) is 1. The Hall–Kier alpha value is -2.20. The summed E-state index contributed by atoms with van der Waals surface area (Å²) in [6.07, 6.45) is 4.89. The molecule has 0 aliphatic heterocycles. The fourth-order valence-electron chi connectivity index (χ4n) is 2.14. The predicted molar refractivity (Wildman–Crippen MR) is 87.2 cm³/mol. The molecule has 0 bridgehead atoms. The number of benzene rings is 1. The van der Waals surface area contributed by atoms with Gasteiger partial charge in [-0.25, -0.2) is 0 Å². The van der Waals surface area contributed by atoms with E-state index in [1.54, 1.807) is 13.1 Å². The van der Waals surface area contributed by atoms with Crippen molar-refractivity contribution >= 4 is 22.8 Å². The maximum absolute atomic E-state index is 11.7. The number of aromatic nitrogens is 1. The van der Waals surface area contributed by atoms with E-state index in [-0.39, 0.29) is 5.97 Å². The molecule has 0 spiro atoms. The van der Waals surface area contributed by atoms with Crippen molar-refractivity contribution in [2.45, 2.75) is 26.9 Å². The zero-order valence-electron chi connectivity index (χ0n) is 13.3. The highest BCUT2D eigenvalue weighted by Gasteiger charge is 2.24. The summed E-state index contributed by atoms with van der Waals surface area (Å²) >= 11 is 0. The SMILES string of the molecule is COC(=O)C(C)(C)/C=C/c1ccc2cnc([C@@H](C)O)cc2c1. The molecule has 116 valence electrons. The first-order valence-electron chi connectivity index (χ1n) is 7.19. The van der Waals surface area contributed by atoms with Crippen molar-refractivity contribution < 1.29 is 14.6 Å². The fraction of sp³-hybridized carbons (Fsp3) is 0.333. The van der Waals surface area contributed by atoms with E-state index in [1.807, 2.05) is 50.3 Å². The van der Waals surface area contributed by atoms with Gasteiger partial charge in [-0.2, -0.15) is 0 Å². The first-order valence-corrected chi connectivity index (χ1v) is 7.19. The molecule has 1 N–H and O–H groups in total. The molecular formula is C18H21NO3. The van der Waals surface area contributed by atoms with Gasteiger partial charge in [0.25, 0.3) is 0 Å². The number of aliphatic hydroxyl groups is 1. The van der Waals surface area contributed by atoms with Gasteiger partial charge in [-0.3, -0.25) is 9.78 Å². The molecule has 4 heteroatoms. The average molecular weight is 299 g/mol. The summed E-state index contributed by atoms with van der Waals surface area (Å²) in [5.74, 6) is -0.273. The van der Waals surface area contributed by atoms with Crippen molar-refractivity contribution in [3.05, 3.63) is 47.8 Å². The van der Waals surface area contributed by atoms with Crippen molar-refractivity contribution in [1.82, 2.24) is 4.98 Å². The minimum atomic E-state index is -0.674. The smallest absolute Gasteiger partial charge is 0.315 e. The highest BCUT2D eigenvalue weighted by atomic mass is 16.5. The molecule has 1 aromatic carbocycles. The van der Waals surface area contributed by atoms with E-state index in [0.29, 0.717) is 5.69 Å². The number of carbonyl (C=O) groups excluding carboxylic acids is 1. The summed E-state index contributed by atoms with van der Waals surface area (Å²) in [5.41, 5.74) is 0.947. The molecule has 1 aromatic heterocycles. The maximum Gasteiger partial charge on any atom is 0.315 e. The second kappa shape index (κ2) is 6.28. The molecule has 0 amide bonds. The Balaban J connectivity index is 2.34. The van der Waals surface area contributed by atoms with E-state index in [2.05, 4.69) is 4.98 Å². The van der Waals surface area contributed by atoms with Crippen LogP contribution in [-0.2, 0) is 9.53 Å². The largest absolute Gasteiger partial charge is 0.468 e. The van der Waals surface area contributed by atoms with Crippen LogP contribution in [0.4, 0.5) is 0 Å². The summed E-state index contributed by atoms with van der Waals surface area (Å²) in [4.78, 5) is 15.9. The number of pyridine rings is 1. The van der Waals surface area contributed by atoms with Crippen LogP contribution in [0.1, 0.15) is 38.1 Å². The van der Waals surface area contributed by atoms with Crippen LogP contribution in [0.3, 0.4) is 0 Å². The Bertz CT molecular complexity index is 717. The quantitative estimate of drug-likeness (QED) is 0.878. The second-order valence-electron chi connectivity index (χ2n) is 5.94. The molecule has 0 unspecified atom stereocenters. The van der Waals surface area contributed by atoms with Crippen LogP contribution in [0, 0.1) is 5.41 Å². The molecule has 0 saturated carbocycles. The van der Waals surface area contributed by atoms with Crippen LogP contribution in [-0.4, -0.2) is 23.2 Å². The molecular weight excluding hydrogens is 278 g/mol. The van der Waals surface area contributed by atoms with E-state index in [1.165, 1.54) is 7.11 Å². The van der Waals surface area contributed by atoms with Crippen LogP contribution in [0.15, 0.2) is 36.5 Å². The van der Waals surface area contributed by atoms with Crippen LogP contribution < -0.4 is 0 Å². The Kier molecular flexibility index (Phi) is 4.62. The summed E-state index contributed by atoms with van der Waals surface area (Å²) in [7, 11) is 1.39. The van der Waals surface area contributed by atoms with Gasteiger partial charge in [0.05, 0.1) is 24.3 Å². The van der Waals surface area contributed by atoms with Gasteiger partial charge < -0.3 is 9.84 Å². The van der Waals surface area contributed by atoms with Gasteiger partial charge in [-0.1, -0.05) is 24.3 Å². The number of hydrogen-bond donors (Lipinski definition) is 1. The molecule has 4 nitrogen and oxygen atoms in total. The lowest BCUT2D eigenvalue weighted by Crippen LogP contribution is -2.22. The van der Waals surface area contributed by atoms with Gasteiger partial charge in [0.1, 0.15) is 0 Å². The normalized spacial score (nSPS) is 13.5. The molecule has 0 fully saturated rings. The number of aliphatic hydroxyl groups excluding tert-OH is 1. The molecule has 1 heterocycles.